The minimum absolute atomic E-state index is 0.123. The summed E-state index contributed by atoms with van der Waals surface area (Å²) in [5.74, 6) is -1.49. The fourth-order valence-electron chi connectivity index (χ4n) is 1.76. The van der Waals surface area contributed by atoms with Gasteiger partial charge in [-0.05, 0) is 31.2 Å². The summed E-state index contributed by atoms with van der Waals surface area (Å²) in [7, 11) is 0. The number of alkyl halides is 3. The Morgan fingerprint density at radius 3 is 2.48 bits per heavy atom. The quantitative estimate of drug-likeness (QED) is 0.846. The number of carbonyl (C=O) groups excluding carboxylic acids is 2. The van der Waals surface area contributed by atoms with Crippen LogP contribution >= 0.6 is 0 Å². The highest BCUT2D eigenvalue weighted by atomic mass is 19.4. The smallest absolute Gasteiger partial charge is 0.416 e. The maximum Gasteiger partial charge on any atom is 0.416 e. The maximum absolute atomic E-state index is 12.5. The number of aromatic amines is 1. The third kappa shape index (κ3) is 3.87. The van der Waals surface area contributed by atoms with Crippen molar-refractivity contribution in [3.8, 4) is 0 Å². The molecule has 0 radical (unpaired) electrons. The molecule has 0 saturated carbocycles. The standard InChI is InChI=1S/C14H12F3N3O3/c1-2-23-13(22)11-10(18-7-19-11)12(21)20-9-5-3-8(4-6-9)14(15,16)17/h3-7H,2H2,1H3,(H,18,19)(H,20,21). The Bertz CT molecular complexity index is 708. The van der Waals surface area contributed by atoms with Gasteiger partial charge in [-0.15, -0.1) is 0 Å². The van der Waals surface area contributed by atoms with Gasteiger partial charge in [0.25, 0.3) is 5.91 Å². The summed E-state index contributed by atoms with van der Waals surface area (Å²) in [6.07, 6.45) is -3.31. The van der Waals surface area contributed by atoms with Crippen LogP contribution in [-0.4, -0.2) is 28.5 Å². The van der Waals surface area contributed by atoms with Crippen LogP contribution in [0.3, 0.4) is 0 Å². The van der Waals surface area contributed by atoms with Crippen LogP contribution in [-0.2, 0) is 10.9 Å². The molecule has 0 spiro atoms. The molecule has 2 N–H and O–H groups in total. The zero-order valence-electron chi connectivity index (χ0n) is 11.9. The molecule has 0 aliphatic rings. The van der Waals surface area contributed by atoms with E-state index in [1.807, 2.05) is 0 Å². The molecule has 1 amide bonds. The summed E-state index contributed by atoms with van der Waals surface area (Å²) in [6.45, 7) is 1.73. The third-order valence-corrected chi connectivity index (χ3v) is 2.80. The molecule has 0 aliphatic heterocycles. The zero-order valence-corrected chi connectivity index (χ0v) is 11.9. The second-order valence-corrected chi connectivity index (χ2v) is 4.38. The van der Waals surface area contributed by atoms with Gasteiger partial charge in [-0.1, -0.05) is 0 Å². The fraction of sp³-hybridized carbons (Fsp3) is 0.214. The maximum atomic E-state index is 12.5. The van der Waals surface area contributed by atoms with Crippen molar-refractivity contribution in [2.24, 2.45) is 0 Å². The first kappa shape index (κ1) is 16.5. The molecule has 23 heavy (non-hydrogen) atoms. The number of benzene rings is 1. The number of halogens is 3. The molecule has 1 aromatic heterocycles. The fourth-order valence-corrected chi connectivity index (χ4v) is 1.76. The molecule has 2 aromatic rings. The average molecular weight is 327 g/mol. The molecule has 0 fully saturated rings. The lowest BCUT2D eigenvalue weighted by atomic mass is 10.2. The molecule has 0 aliphatic carbocycles. The highest BCUT2D eigenvalue weighted by molar-refractivity contribution is 6.08. The van der Waals surface area contributed by atoms with Gasteiger partial charge in [0.2, 0.25) is 0 Å². The lowest BCUT2D eigenvalue weighted by Crippen LogP contribution is -2.18. The van der Waals surface area contributed by atoms with Crippen LogP contribution in [0, 0.1) is 0 Å². The van der Waals surface area contributed by atoms with Gasteiger partial charge < -0.3 is 15.0 Å². The van der Waals surface area contributed by atoms with E-state index in [9.17, 15) is 22.8 Å². The Morgan fingerprint density at radius 1 is 1.26 bits per heavy atom. The average Bonchev–Trinajstić information content (AvgIpc) is 2.96. The SMILES string of the molecule is CCOC(=O)c1[nH]cnc1C(=O)Nc1ccc(C(F)(F)F)cc1. The van der Waals surface area contributed by atoms with E-state index < -0.39 is 23.6 Å². The number of amides is 1. The van der Waals surface area contributed by atoms with E-state index in [2.05, 4.69) is 15.3 Å². The van der Waals surface area contributed by atoms with Crippen LogP contribution in [0.4, 0.5) is 18.9 Å². The lowest BCUT2D eigenvalue weighted by Gasteiger charge is -2.08. The molecule has 6 nitrogen and oxygen atoms in total. The Labute approximate surface area is 128 Å². The van der Waals surface area contributed by atoms with Gasteiger partial charge in [0.05, 0.1) is 18.5 Å². The van der Waals surface area contributed by atoms with Crippen LogP contribution in [0.25, 0.3) is 0 Å². The molecular weight excluding hydrogens is 315 g/mol. The van der Waals surface area contributed by atoms with Crippen LogP contribution in [0.2, 0.25) is 0 Å². The van der Waals surface area contributed by atoms with E-state index in [1.165, 1.54) is 0 Å². The Balaban J connectivity index is 2.14. The number of nitrogens with one attached hydrogen (secondary N) is 2. The van der Waals surface area contributed by atoms with Crippen molar-refractivity contribution in [2.75, 3.05) is 11.9 Å². The third-order valence-electron chi connectivity index (χ3n) is 2.80. The largest absolute Gasteiger partial charge is 0.461 e. The molecule has 0 saturated heterocycles. The molecule has 1 heterocycles. The van der Waals surface area contributed by atoms with Crippen LogP contribution < -0.4 is 5.32 Å². The highest BCUT2D eigenvalue weighted by Gasteiger charge is 2.30. The van der Waals surface area contributed by atoms with Crippen molar-refractivity contribution < 1.29 is 27.5 Å². The molecule has 1 aromatic carbocycles. The number of imidazole rings is 1. The van der Waals surface area contributed by atoms with Crippen molar-refractivity contribution in [1.82, 2.24) is 9.97 Å². The van der Waals surface area contributed by atoms with Crippen molar-refractivity contribution in [1.29, 1.82) is 0 Å². The number of H-pyrrole nitrogens is 1. The first-order valence-corrected chi connectivity index (χ1v) is 6.52. The summed E-state index contributed by atoms with van der Waals surface area (Å²) in [5, 5.41) is 2.36. The topological polar surface area (TPSA) is 84.1 Å². The normalized spacial score (nSPS) is 11.1. The van der Waals surface area contributed by atoms with Crippen molar-refractivity contribution in [2.45, 2.75) is 13.1 Å². The van der Waals surface area contributed by atoms with Gasteiger partial charge in [-0.2, -0.15) is 13.2 Å². The summed E-state index contributed by atoms with van der Waals surface area (Å²) >= 11 is 0. The van der Waals surface area contributed by atoms with Gasteiger partial charge in [0, 0.05) is 5.69 Å². The number of ether oxygens (including phenoxy) is 1. The lowest BCUT2D eigenvalue weighted by molar-refractivity contribution is -0.137. The van der Waals surface area contributed by atoms with Crippen LogP contribution in [0.1, 0.15) is 33.5 Å². The molecular formula is C14H12F3N3O3. The Hall–Kier alpha value is -2.84. The number of anilines is 1. The monoisotopic (exact) mass is 327 g/mol. The molecule has 122 valence electrons. The Morgan fingerprint density at radius 2 is 1.91 bits per heavy atom. The molecule has 0 atom stereocenters. The summed E-state index contributed by atoms with van der Waals surface area (Å²) < 4.78 is 42.2. The summed E-state index contributed by atoms with van der Waals surface area (Å²) in [5.41, 5.74) is -1.03. The molecule has 2 rings (SSSR count). The number of hydrogen-bond acceptors (Lipinski definition) is 4. The second kappa shape index (κ2) is 6.51. The Kier molecular flexibility index (Phi) is 4.68. The van der Waals surface area contributed by atoms with Crippen LogP contribution in [0.5, 0.6) is 0 Å². The predicted molar refractivity (Wildman–Crippen MR) is 73.9 cm³/mol. The van der Waals surface area contributed by atoms with Crippen molar-refractivity contribution >= 4 is 17.6 Å². The number of aromatic nitrogens is 2. The minimum atomic E-state index is -4.46. The number of hydrogen-bond donors (Lipinski definition) is 2. The van der Waals surface area contributed by atoms with Gasteiger partial charge in [0.15, 0.2) is 11.4 Å². The first-order chi connectivity index (χ1) is 10.8. The number of rotatable bonds is 4. The second-order valence-electron chi connectivity index (χ2n) is 4.38. The predicted octanol–water partition coefficient (Wildman–Crippen LogP) is 2.86. The minimum Gasteiger partial charge on any atom is -0.461 e. The van der Waals surface area contributed by atoms with Gasteiger partial charge in [-0.25, -0.2) is 9.78 Å². The van der Waals surface area contributed by atoms with E-state index >= 15 is 0 Å². The number of carbonyl (C=O) groups is 2. The van der Waals surface area contributed by atoms with E-state index in [4.69, 9.17) is 4.74 Å². The van der Waals surface area contributed by atoms with Crippen LogP contribution in [0.15, 0.2) is 30.6 Å². The number of esters is 1. The molecule has 0 bridgehead atoms. The van der Waals surface area contributed by atoms with Gasteiger partial charge in [-0.3, -0.25) is 4.79 Å². The van der Waals surface area contributed by atoms with E-state index in [-0.39, 0.29) is 23.7 Å². The molecule has 0 unspecified atom stereocenters. The van der Waals surface area contributed by atoms with Gasteiger partial charge >= 0.3 is 12.1 Å². The van der Waals surface area contributed by atoms with E-state index in [0.717, 1.165) is 30.6 Å². The zero-order chi connectivity index (χ0) is 17.0. The molecule has 9 heteroatoms. The van der Waals surface area contributed by atoms with Gasteiger partial charge in [0.1, 0.15) is 0 Å². The highest BCUT2D eigenvalue weighted by Crippen LogP contribution is 2.29. The summed E-state index contributed by atoms with van der Waals surface area (Å²) in [6, 6.07) is 3.90. The van der Waals surface area contributed by atoms with Crippen molar-refractivity contribution in [3.63, 3.8) is 0 Å². The summed E-state index contributed by atoms with van der Waals surface area (Å²) in [4.78, 5) is 29.9. The first-order valence-electron chi connectivity index (χ1n) is 6.52. The van der Waals surface area contributed by atoms with E-state index in [1.54, 1.807) is 6.92 Å². The number of nitrogens with zero attached hydrogens (tertiary/aromatic N) is 1. The van der Waals surface area contributed by atoms with E-state index in [0.29, 0.717) is 0 Å². The van der Waals surface area contributed by atoms with Crippen molar-refractivity contribution in [3.05, 3.63) is 47.5 Å².